The molecular weight excluding hydrogens is 260 g/mol. The predicted octanol–water partition coefficient (Wildman–Crippen LogP) is 3.43. The predicted molar refractivity (Wildman–Crippen MR) is 89.7 cm³/mol. The topological polar surface area (TPSA) is 24.5 Å². The maximum Gasteiger partial charge on any atom is 0.0674 e. The van der Waals surface area contributed by atoms with Gasteiger partial charge in [0.25, 0.3) is 0 Å². The maximum atomic E-state index is 5.84. The van der Waals surface area contributed by atoms with Crippen molar-refractivity contribution in [1.29, 1.82) is 0 Å². The van der Waals surface area contributed by atoms with E-state index in [1.165, 1.54) is 38.5 Å². The third kappa shape index (κ3) is 4.67. The number of hydrogen-bond acceptors (Lipinski definition) is 3. The third-order valence-electron chi connectivity index (χ3n) is 5.36. The fourth-order valence-corrected chi connectivity index (χ4v) is 4.23. The van der Waals surface area contributed by atoms with E-state index in [4.69, 9.17) is 4.74 Å². The summed E-state index contributed by atoms with van der Waals surface area (Å²) in [5.74, 6) is 0.935. The van der Waals surface area contributed by atoms with Crippen LogP contribution in [0.2, 0.25) is 0 Å². The van der Waals surface area contributed by atoms with Crippen molar-refractivity contribution in [1.82, 2.24) is 10.2 Å². The molecule has 3 heteroatoms. The highest BCUT2D eigenvalue weighted by Crippen LogP contribution is 2.33. The Morgan fingerprint density at radius 3 is 2.67 bits per heavy atom. The summed E-state index contributed by atoms with van der Waals surface area (Å²) in [5, 5.41) is 3.83. The molecule has 0 radical (unpaired) electrons. The molecule has 2 rings (SSSR count). The van der Waals surface area contributed by atoms with Crippen molar-refractivity contribution in [2.75, 3.05) is 19.7 Å². The van der Waals surface area contributed by atoms with Crippen molar-refractivity contribution in [2.45, 2.75) is 90.4 Å². The van der Waals surface area contributed by atoms with E-state index in [0.717, 1.165) is 25.6 Å². The van der Waals surface area contributed by atoms with Gasteiger partial charge in [-0.05, 0) is 52.0 Å². The standard InChI is InChI=1S/C18H36N2O/c1-5-7-16-8-9-17(19-10-6-2)18(11-16)20-12-15(4)21-13-14(20)3/h14-19H,5-13H2,1-4H3. The van der Waals surface area contributed by atoms with E-state index in [1.807, 2.05) is 0 Å². The van der Waals surface area contributed by atoms with Crippen LogP contribution in [0.4, 0.5) is 0 Å². The molecule has 3 nitrogen and oxygen atoms in total. The number of nitrogens with zero attached hydrogens (tertiary/aromatic N) is 1. The quantitative estimate of drug-likeness (QED) is 0.812. The second-order valence-corrected chi connectivity index (χ2v) is 7.29. The Kier molecular flexibility index (Phi) is 6.97. The number of hydrogen-bond donors (Lipinski definition) is 1. The Morgan fingerprint density at radius 2 is 1.95 bits per heavy atom. The van der Waals surface area contributed by atoms with Crippen molar-refractivity contribution >= 4 is 0 Å². The molecule has 21 heavy (non-hydrogen) atoms. The highest BCUT2D eigenvalue weighted by Gasteiger charge is 2.37. The van der Waals surface area contributed by atoms with Gasteiger partial charge in [0.2, 0.25) is 0 Å². The average Bonchev–Trinajstić information content (AvgIpc) is 2.48. The first-order valence-corrected chi connectivity index (χ1v) is 9.26. The van der Waals surface area contributed by atoms with Crippen molar-refractivity contribution in [3.63, 3.8) is 0 Å². The molecule has 124 valence electrons. The maximum absolute atomic E-state index is 5.84. The van der Waals surface area contributed by atoms with Gasteiger partial charge in [0.1, 0.15) is 0 Å². The third-order valence-corrected chi connectivity index (χ3v) is 5.36. The average molecular weight is 296 g/mol. The second-order valence-electron chi connectivity index (χ2n) is 7.29. The second kappa shape index (κ2) is 8.50. The minimum absolute atomic E-state index is 0.388. The first kappa shape index (κ1) is 17.2. The van der Waals surface area contributed by atoms with E-state index >= 15 is 0 Å². The van der Waals surface area contributed by atoms with Gasteiger partial charge in [-0.3, -0.25) is 4.90 Å². The normalized spacial score (nSPS) is 38.6. The van der Waals surface area contributed by atoms with E-state index in [1.54, 1.807) is 0 Å². The van der Waals surface area contributed by atoms with Crippen molar-refractivity contribution in [2.24, 2.45) is 5.92 Å². The zero-order chi connectivity index (χ0) is 15.2. The fraction of sp³-hybridized carbons (Fsp3) is 1.00. The summed E-state index contributed by atoms with van der Waals surface area (Å²) in [6, 6.07) is 1.96. The smallest absolute Gasteiger partial charge is 0.0674 e. The van der Waals surface area contributed by atoms with Crippen LogP contribution in [0.25, 0.3) is 0 Å². The van der Waals surface area contributed by atoms with Crippen LogP contribution in [-0.4, -0.2) is 48.8 Å². The molecule has 0 amide bonds. The van der Waals surface area contributed by atoms with Gasteiger partial charge in [-0.1, -0.05) is 26.7 Å². The Morgan fingerprint density at radius 1 is 1.14 bits per heavy atom. The van der Waals surface area contributed by atoms with Crippen LogP contribution in [0.1, 0.15) is 66.2 Å². The molecule has 1 heterocycles. The zero-order valence-corrected chi connectivity index (χ0v) is 14.6. The Bertz CT molecular complexity index is 297. The zero-order valence-electron chi connectivity index (χ0n) is 14.6. The molecule has 0 aromatic carbocycles. The van der Waals surface area contributed by atoms with E-state index in [2.05, 4.69) is 37.9 Å². The van der Waals surface area contributed by atoms with Gasteiger partial charge in [-0.15, -0.1) is 0 Å². The summed E-state index contributed by atoms with van der Waals surface area (Å²) in [5.41, 5.74) is 0. The summed E-state index contributed by atoms with van der Waals surface area (Å²) < 4.78 is 5.84. The summed E-state index contributed by atoms with van der Waals surface area (Å²) in [4.78, 5) is 2.75. The van der Waals surface area contributed by atoms with Gasteiger partial charge in [0.05, 0.1) is 12.7 Å². The van der Waals surface area contributed by atoms with Crippen molar-refractivity contribution < 1.29 is 4.74 Å². The van der Waals surface area contributed by atoms with Gasteiger partial charge in [-0.2, -0.15) is 0 Å². The Hall–Kier alpha value is -0.120. The Balaban J connectivity index is 2.03. The van der Waals surface area contributed by atoms with Gasteiger partial charge < -0.3 is 10.1 Å². The van der Waals surface area contributed by atoms with E-state index in [-0.39, 0.29) is 0 Å². The first-order valence-electron chi connectivity index (χ1n) is 9.26. The van der Waals surface area contributed by atoms with Crippen LogP contribution in [0.15, 0.2) is 0 Å². The molecule has 5 unspecified atom stereocenters. The molecule has 2 fully saturated rings. The van der Waals surface area contributed by atoms with E-state index in [0.29, 0.717) is 24.2 Å². The van der Waals surface area contributed by atoms with Crippen LogP contribution in [0.5, 0.6) is 0 Å². The summed E-state index contributed by atoms with van der Waals surface area (Å²) in [6.45, 7) is 12.3. The largest absolute Gasteiger partial charge is 0.376 e. The lowest BCUT2D eigenvalue weighted by Gasteiger charge is -2.48. The molecule has 2 aliphatic rings. The highest BCUT2D eigenvalue weighted by molar-refractivity contribution is 4.94. The molecule has 0 aromatic rings. The number of ether oxygens (including phenoxy) is 1. The van der Waals surface area contributed by atoms with Gasteiger partial charge in [-0.25, -0.2) is 0 Å². The summed E-state index contributed by atoms with van der Waals surface area (Å²) >= 11 is 0. The van der Waals surface area contributed by atoms with Crippen LogP contribution >= 0.6 is 0 Å². The Labute approximate surface area is 131 Å². The monoisotopic (exact) mass is 296 g/mol. The van der Waals surface area contributed by atoms with E-state index in [9.17, 15) is 0 Å². The van der Waals surface area contributed by atoms with Crippen LogP contribution < -0.4 is 5.32 Å². The van der Waals surface area contributed by atoms with Crippen LogP contribution in [0.3, 0.4) is 0 Å². The molecule has 1 saturated heterocycles. The molecular formula is C18H36N2O. The van der Waals surface area contributed by atoms with Gasteiger partial charge >= 0.3 is 0 Å². The number of nitrogens with one attached hydrogen (secondary N) is 1. The minimum atomic E-state index is 0.388. The molecule has 1 saturated carbocycles. The number of rotatable bonds is 6. The van der Waals surface area contributed by atoms with Crippen molar-refractivity contribution in [3.8, 4) is 0 Å². The minimum Gasteiger partial charge on any atom is -0.376 e. The van der Waals surface area contributed by atoms with Crippen molar-refractivity contribution in [3.05, 3.63) is 0 Å². The van der Waals surface area contributed by atoms with Gasteiger partial charge in [0, 0.05) is 24.7 Å². The lowest BCUT2D eigenvalue weighted by atomic mass is 9.78. The summed E-state index contributed by atoms with van der Waals surface area (Å²) in [7, 11) is 0. The molecule has 0 bridgehead atoms. The molecule has 1 N–H and O–H groups in total. The lowest BCUT2D eigenvalue weighted by Crippen LogP contribution is -2.60. The molecule has 0 aromatic heterocycles. The summed E-state index contributed by atoms with van der Waals surface area (Å²) in [6.07, 6.45) is 8.52. The molecule has 1 aliphatic heterocycles. The van der Waals surface area contributed by atoms with Crippen LogP contribution in [0, 0.1) is 5.92 Å². The fourth-order valence-electron chi connectivity index (χ4n) is 4.23. The molecule has 1 aliphatic carbocycles. The number of morpholine rings is 1. The highest BCUT2D eigenvalue weighted by atomic mass is 16.5. The lowest BCUT2D eigenvalue weighted by molar-refractivity contribution is -0.0801. The van der Waals surface area contributed by atoms with Crippen LogP contribution in [-0.2, 0) is 4.74 Å². The van der Waals surface area contributed by atoms with E-state index < -0.39 is 0 Å². The van der Waals surface area contributed by atoms with Gasteiger partial charge in [0.15, 0.2) is 0 Å². The SMILES string of the molecule is CCCNC1CCC(CCC)CC1N1CC(C)OCC1C. The molecule has 5 atom stereocenters. The first-order chi connectivity index (χ1) is 10.2. The molecule has 0 spiro atoms.